The Morgan fingerprint density at radius 3 is 2.13 bits per heavy atom. The normalized spacial score (nSPS) is 17.0. The monoisotopic (exact) mass is 269 g/mol. The van der Waals surface area contributed by atoms with E-state index in [0.29, 0.717) is 5.69 Å². The Kier molecular flexibility index (Phi) is 2.83. The van der Waals surface area contributed by atoms with Crippen LogP contribution >= 0.6 is 15.9 Å². The summed E-state index contributed by atoms with van der Waals surface area (Å²) in [5, 5.41) is 0. The Morgan fingerprint density at radius 1 is 1.07 bits per heavy atom. The molecule has 1 heterocycles. The summed E-state index contributed by atoms with van der Waals surface area (Å²) in [4.78, 5) is 24.1. The number of benzene rings is 1. The van der Waals surface area contributed by atoms with Crippen molar-refractivity contribution in [1.82, 2.24) is 0 Å². The Bertz CT molecular complexity index is 386. The molecule has 0 unspecified atom stereocenters. The average molecular weight is 270 g/mol. The third kappa shape index (κ3) is 2.08. The fourth-order valence-electron chi connectivity index (χ4n) is 1.37. The summed E-state index contributed by atoms with van der Waals surface area (Å²) in [5.74, 6) is -0.651. The summed E-state index contributed by atoms with van der Waals surface area (Å²) in [7, 11) is 0. The first-order valence-electron chi connectivity index (χ1n) is 4.37. The highest BCUT2D eigenvalue weighted by atomic mass is 79.9. The quantitative estimate of drug-likeness (QED) is 0.723. The molecule has 0 N–H and O–H groups in total. The Morgan fingerprint density at radius 2 is 1.60 bits per heavy atom. The van der Waals surface area contributed by atoms with E-state index in [2.05, 4.69) is 15.9 Å². The number of hydrogen-bond acceptors (Lipinski definition) is 3. The first kappa shape index (κ1) is 10.3. The first-order valence-corrected chi connectivity index (χ1v) is 5.17. The smallest absolute Gasteiger partial charge is 0.259 e. The topological polar surface area (TPSA) is 46.6 Å². The van der Waals surface area contributed by atoms with Gasteiger partial charge in [-0.2, -0.15) is 0 Å². The number of rotatable bonds is 1. The van der Waals surface area contributed by atoms with E-state index in [1.165, 1.54) is 0 Å². The van der Waals surface area contributed by atoms with Crippen molar-refractivity contribution in [2.45, 2.75) is 0 Å². The molecule has 5 heteroatoms. The molecule has 1 aliphatic rings. The molecule has 78 valence electrons. The molecule has 1 saturated heterocycles. The van der Waals surface area contributed by atoms with Crippen LogP contribution in [-0.2, 0) is 14.3 Å². The Labute approximate surface area is 94.9 Å². The maximum atomic E-state index is 11.5. The number of nitrogens with zero attached hydrogens (tertiary/aromatic N) is 1. The third-order valence-corrected chi connectivity index (χ3v) is 2.56. The number of anilines is 1. The predicted octanol–water partition coefficient (Wildman–Crippen LogP) is 1.34. The van der Waals surface area contributed by atoms with Crippen molar-refractivity contribution in [3.63, 3.8) is 0 Å². The number of ether oxygens (including phenoxy) is 1. The molecule has 1 aromatic carbocycles. The van der Waals surface area contributed by atoms with Crippen LogP contribution in [0.15, 0.2) is 28.7 Å². The fraction of sp³-hybridized carbons (Fsp3) is 0.200. The van der Waals surface area contributed by atoms with Crippen molar-refractivity contribution in [1.29, 1.82) is 0 Å². The van der Waals surface area contributed by atoms with Crippen LogP contribution in [0.1, 0.15) is 0 Å². The SMILES string of the molecule is O=C1COCC(=O)N1c1ccc(Br)cc1. The van der Waals surface area contributed by atoms with Crippen molar-refractivity contribution in [2.75, 3.05) is 18.1 Å². The van der Waals surface area contributed by atoms with Crippen molar-refractivity contribution in [3.8, 4) is 0 Å². The summed E-state index contributed by atoms with van der Waals surface area (Å²) in [6, 6.07) is 6.99. The van der Waals surface area contributed by atoms with Crippen molar-refractivity contribution < 1.29 is 14.3 Å². The molecule has 2 rings (SSSR count). The Balaban J connectivity index is 2.31. The summed E-state index contributed by atoms with van der Waals surface area (Å²) >= 11 is 3.29. The predicted molar refractivity (Wildman–Crippen MR) is 57.5 cm³/mol. The van der Waals surface area contributed by atoms with Crippen molar-refractivity contribution in [2.24, 2.45) is 0 Å². The number of amides is 2. The van der Waals surface area contributed by atoms with Gasteiger partial charge in [-0.3, -0.25) is 9.59 Å². The lowest BCUT2D eigenvalue weighted by Crippen LogP contribution is -2.46. The molecular formula is C10H8BrNO3. The molecule has 1 aromatic rings. The molecule has 4 nitrogen and oxygen atoms in total. The van der Waals surface area contributed by atoms with Gasteiger partial charge in [-0.25, -0.2) is 4.90 Å². The van der Waals surface area contributed by atoms with Gasteiger partial charge < -0.3 is 4.74 Å². The van der Waals surface area contributed by atoms with E-state index in [9.17, 15) is 9.59 Å². The van der Waals surface area contributed by atoms with Gasteiger partial charge in [0.25, 0.3) is 11.8 Å². The van der Waals surface area contributed by atoms with Crippen LogP contribution in [0, 0.1) is 0 Å². The van der Waals surface area contributed by atoms with Gasteiger partial charge >= 0.3 is 0 Å². The zero-order valence-electron chi connectivity index (χ0n) is 7.77. The molecule has 0 aliphatic carbocycles. The molecule has 0 saturated carbocycles. The van der Waals surface area contributed by atoms with Crippen molar-refractivity contribution in [3.05, 3.63) is 28.7 Å². The van der Waals surface area contributed by atoms with Gasteiger partial charge in [0.2, 0.25) is 0 Å². The minimum Gasteiger partial charge on any atom is -0.362 e. The summed E-state index contributed by atoms with van der Waals surface area (Å²) in [6.07, 6.45) is 0. The maximum Gasteiger partial charge on any atom is 0.259 e. The zero-order valence-corrected chi connectivity index (χ0v) is 9.36. The maximum absolute atomic E-state index is 11.5. The van der Waals surface area contributed by atoms with E-state index in [4.69, 9.17) is 4.74 Å². The second kappa shape index (κ2) is 4.12. The van der Waals surface area contributed by atoms with E-state index in [1.807, 2.05) is 0 Å². The van der Waals surface area contributed by atoms with Gasteiger partial charge in [0.15, 0.2) is 0 Å². The molecule has 0 bridgehead atoms. The van der Waals surface area contributed by atoms with Crippen LogP contribution in [-0.4, -0.2) is 25.0 Å². The lowest BCUT2D eigenvalue weighted by Gasteiger charge is -2.24. The van der Waals surface area contributed by atoms with E-state index in [1.54, 1.807) is 24.3 Å². The van der Waals surface area contributed by atoms with Crippen LogP contribution in [0.4, 0.5) is 5.69 Å². The zero-order chi connectivity index (χ0) is 10.8. The van der Waals surface area contributed by atoms with Crippen LogP contribution in [0.3, 0.4) is 0 Å². The summed E-state index contributed by atoms with van der Waals surface area (Å²) < 4.78 is 5.72. The summed E-state index contributed by atoms with van der Waals surface area (Å²) in [5.41, 5.74) is 0.580. The largest absolute Gasteiger partial charge is 0.362 e. The average Bonchev–Trinajstić information content (AvgIpc) is 2.20. The number of imide groups is 1. The van der Waals surface area contributed by atoms with E-state index in [0.717, 1.165) is 9.37 Å². The highest BCUT2D eigenvalue weighted by molar-refractivity contribution is 9.10. The molecule has 0 aromatic heterocycles. The molecule has 15 heavy (non-hydrogen) atoms. The van der Waals surface area contributed by atoms with Crippen LogP contribution in [0.25, 0.3) is 0 Å². The van der Waals surface area contributed by atoms with Gasteiger partial charge in [-0.1, -0.05) is 15.9 Å². The highest BCUT2D eigenvalue weighted by Gasteiger charge is 2.27. The minimum atomic E-state index is -0.325. The number of carbonyl (C=O) groups is 2. The number of halogens is 1. The molecular weight excluding hydrogens is 262 g/mol. The lowest BCUT2D eigenvalue weighted by atomic mass is 10.2. The van der Waals surface area contributed by atoms with Gasteiger partial charge in [-0.15, -0.1) is 0 Å². The summed E-state index contributed by atoms with van der Waals surface area (Å²) in [6.45, 7) is -0.0798. The molecule has 0 atom stereocenters. The van der Waals surface area contributed by atoms with E-state index in [-0.39, 0.29) is 25.0 Å². The number of hydrogen-bond donors (Lipinski definition) is 0. The first-order chi connectivity index (χ1) is 7.18. The number of carbonyl (C=O) groups excluding carboxylic acids is 2. The van der Waals surface area contributed by atoms with E-state index >= 15 is 0 Å². The molecule has 0 radical (unpaired) electrons. The van der Waals surface area contributed by atoms with Crippen molar-refractivity contribution >= 4 is 33.4 Å². The van der Waals surface area contributed by atoms with Crippen LogP contribution in [0.5, 0.6) is 0 Å². The lowest BCUT2D eigenvalue weighted by molar-refractivity contribution is -0.138. The van der Waals surface area contributed by atoms with Gasteiger partial charge in [0.05, 0.1) is 5.69 Å². The molecule has 1 fully saturated rings. The highest BCUT2D eigenvalue weighted by Crippen LogP contribution is 2.20. The standard InChI is InChI=1S/C10H8BrNO3/c11-7-1-3-8(4-2-7)12-9(13)5-15-6-10(12)14/h1-4H,5-6H2. The van der Waals surface area contributed by atoms with Gasteiger partial charge in [0.1, 0.15) is 13.2 Å². The second-order valence-electron chi connectivity index (χ2n) is 3.09. The minimum absolute atomic E-state index is 0.0399. The number of morpholine rings is 1. The molecule has 0 spiro atoms. The van der Waals surface area contributed by atoms with Crippen LogP contribution in [0.2, 0.25) is 0 Å². The van der Waals surface area contributed by atoms with Gasteiger partial charge in [-0.05, 0) is 24.3 Å². The second-order valence-corrected chi connectivity index (χ2v) is 4.01. The molecule has 1 aliphatic heterocycles. The fourth-order valence-corrected chi connectivity index (χ4v) is 1.64. The van der Waals surface area contributed by atoms with Crippen LogP contribution < -0.4 is 4.90 Å². The van der Waals surface area contributed by atoms with E-state index < -0.39 is 0 Å². The molecule has 2 amide bonds. The Hall–Kier alpha value is -1.20. The van der Waals surface area contributed by atoms with Gasteiger partial charge in [0, 0.05) is 4.47 Å². The third-order valence-electron chi connectivity index (χ3n) is 2.03.